The Hall–Kier alpha value is -2.57. The van der Waals surface area contributed by atoms with Crippen LogP contribution in [-0.2, 0) is 0 Å². The summed E-state index contributed by atoms with van der Waals surface area (Å²) >= 11 is 0. The number of benzene rings is 1. The van der Waals surface area contributed by atoms with Gasteiger partial charge >= 0.3 is 5.97 Å². The van der Waals surface area contributed by atoms with E-state index in [1.165, 1.54) is 12.3 Å². The van der Waals surface area contributed by atoms with Gasteiger partial charge in [-0.1, -0.05) is 0 Å². The third-order valence-corrected chi connectivity index (χ3v) is 5.45. The summed E-state index contributed by atoms with van der Waals surface area (Å²) in [5.41, 5.74) is -0.0424. The topological polar surface area (TPSA) is 71.8 Å². The van der Waals surface area contributed by atoms with Crippen molar-refractivity contribution in [3.8, 4) is 5.75 Å². The average Bonchev–Trinajstić information content (AvgIpc) is 3.31. The zero-order chi connectivity index (χ0) is 17.3. The van der Waals surface area contributed by atoms with E-state index >= 15 is 0 Å². The number of hydrogen-bond donors (Lipinski definition) is 1. The van der Waals surface area contributed by atoms with E-state index in [0.717, 1.165) is 32.2 Å². The van der Waals surface area contributed by atoms with Crippen molar-refractivity contribution >= 4 is 22.6 Å². The molecule has 1 unspecified atom stereocenters. The monoisotopic (exact) mass is 344 g/mol. The molecule has 2 aliphatic heterocycles. The van der Waals surface area contributed by atoms with E-state index < -0.39 is 17.2 Å². The second kappa shape index (κ2) is 4.97. The Kier molecular flexibility index (Phi) is 2.93. The minimum atomic E-state index is -1.29. The Morgan fingerprint density at radius 2 is 2.08 bits per heavy atom. The van der Waals surface area contributed by atoms with Crippen LogP contribution in [0.2, 0.25) is 0 Å². The summed E-state index contributed by atoms with van der Waals surface area (Å²) in [4.78, 5) is 26.1. The number of hydrogen-bond acceptors (Lipinski definition) is 4. The number of ether oxygens (including phenoxy) is 1. The molecule has 0 radical (unpaired) electrons. The highest BCUT2D eigenvalue weighted by atomic mass is 19.1. The van der Waals surface area contributed by atoms with Gasteiger partial charge in [0.25, 0.3) is 0 Å². The molecule has 1 atom stereocenters. The first kappa shape index (κ1) is 14.7. The van der Waals surface area contributed by atoms with Crippen molar-refractivity contribution in [2.45, 2.75) is 37.8 Å². The van der Waals surface area contributed by atoms with Gasteiger partial charge in [0.1, 0.15) is 17.9 Å². The predicted octanol–water partition coefficient (Wildman–Crippen LogP) is 2.53. The highest BCUT2D eigenvalue weighted by Gasteiger charge is 2.37. The Morgan fingerprint density at radius 3 is 2.80 bits per heavy atom. The molecule has 1 aromatic heterocycles. The summed E-state index contributed by atoms with van der Waals surface area (Å²) in [5.74, 6) is -1.43. The maximum atomic E-state index is 14.9. The largest absolute Gasteiger partial charge is 0.487 e. The standard InChI is InChI=1S/C18H17FN2O4/c19-13-6-11-14(17-15(13)20-5-1-2-10(20)8-25-17)21(9-3-4-9)7-12(16(11)22)18(23)24/h6-7,9-10H,1-5,8H2,(H,23,24). The molecule has 0 spiro atoms. The van der Waals surface area contributed by atoms with Crippen LogP contribution in [0.5, 0.6) is 5.75 Å². The van der Waals surface area contributed by atoms with Crippen LogP contribution in [0.3, 0.4) is 0 Å². The van der Waals surface area contributed by atoms with E-state index in [1.807, 2.05) is 4.90 Å². The molecular formula is C18H17FN2O4. The van der Waals surface area contributed by atoms with Crippen molar-refractivity contribution in [3.63, 3.8) is 0 Å². The Balaban J connectivity index is 1.88. The number of nitrogens with zero attached hydrogens (tertiary/aromatic N) is 2. The van der Waals surface area contributed by atoms with Crippen molar-refractivity contribution in [2.75, 3.05) is 18.1 Å². The summed E-state index contributed by atoms with van der Waals surface area (Å²) in [6.45, 7) is 1.23. The van der Waals surface area contributed by atoms with Gasteiger partial charge in [-0.25, -0.2) is 9.18 Å². The molecule has 1 N–H and O–H groups in total. The Morgan fingerprint density at radius 1 is 1.28 bits per heavy atom. The van der Waals surface area contributed by atoms with Gasteiger partial charge < -0.3 is 19.3 Å². The molecule has 3 heterocycles. The highest BCUT2D eigenvalue weighted by Crippen LogP contribution is 2.47. The van der Waals surface area contributed by atoms with Gasteiger partial charge in [0.15, 0.2) is 11.6 Å². The zero-order valence-corrected chi connectivity index (χ0v) is 13.5. The van der Waals surface area contributed by atoms with E-state index in [0.29, 0.717) is 23.6 Å². The van der Waals surface area contributed by atoms with Gasteiger partial charge in [-0.05, 0) is 31.7 Å². The average molecular weight is 344 g/mol. The lowest BCUT2D eigenvalue weighted by Crippen LogP contribution is -2.39. The van der Waals surface area contributed by atoms with Crippen LogP contribution in [0, 0.1) is 5.82 Å². The van der Waals surface area contributed by atoms with Crippen molar-refractivity contribution < 1.29 is 19.0 Å². The summed E-state index contributed by atoms with van der Waals surface area (Å²) in [6.07, 6.45) is 5.16. The second-order valence-corrected chi connectivity index (χ2v) is 7.05. The molecule has 0 bridgehead atoms. The molecule has 1 aromatic carbocycles. The summed E-state index contributed by atoms with van der Waals surface area (Å²) < 4.78 is 22.6. The minimum absolute atomic E-state index is 0.0840. The molecule has 1 aliphatic carbocycles. The van der Waals surface area contributed by atoms with Gasteiger partial charge in [-0.3, -0.25) is 4.79 Å². The van der Waals surface area contributed by atoms with E-state index in [2.05, 4.69) is 0 Å². The molecule has 1 saturated heterocycles. The predicted molar refractivity (Wildman–Crippen MR) is 89.3 cm³/mol. The maximum Gasteiger partial charge on any atom is 0.341 e. The third-order valence-electron chi connectivity index (χ3n) is 5.45. The second-order valence-electron chi connectivity index (χ2n) is 7.05. The molecule has 7 heteroatoms. The highest BCUT2D eigenvalue weighted by molar-refractivity contribution is 5.97. The van der Waals surface area contributed by atoms with Crippen LogP contribution >= 0.6 is 0 Å². The molecule has 25 heavy (non-hydrogen) atoms. The van der Waals surface area contributed by atoms with Crippen molar-refractivity contribution in [1.82, 2.24) is 4.57 Å². The Bertz CT molecular complexity index is 979. The van der Waals surface area contributed by atoms with Crippen molar-refractivity contribution in [2.24, 2.45) is 0 Å². The van der Waals surface area contributed by atoms with Gasteiger partial charge in [-0.15, -0.1) is 0 Å². The number of carboxylic acids is 1. The molecule has 2 aromatic rings. The zero-order valence-electron chi connectivity index (χ0n) is 13.5. The van der Waals surface area contributed by atoms with Gasteiger partial charge in [-0.2, -0.15) is 0 Å². The Labute approximate surface area is 142 Å². The molecule has 2 fully saturated rings. The molecule has 130 valence electrons. The number of halogens is 1. The van der Waals surface area contributed by atoms with Gasteiger partial charge in [0.2, 0.25) is 5.43 Å². The third kappa shape index (κ3) is 2.01. The lowest BCUT2D eigenvalue weighted by Gasteiger charge is -2.34. The first-order chi connectivity index (χ1) is 12.1. The number of aromatic carboxylic acids is 1. The minimum Gasteiger partial charge on any atom is -0.487 e. The van der Waals surface area contributed by atoms with Crippen LogP contribution in [0.1, 0.15) is 42.1 Å². The summed E-state index contributed by atoms with van der Waals surface area (Å²) in [5, 5.41) is 9.42. The molecule has 5 rings (SSSR count). The van der Waals surface area contributed by atoms with Gasteiger partial charge in [0.05, 0.1) is 16.9 Å². The van der Waals surface area contributed by atoms with Crippen LogP contribution < -0.4 is 15.1 Å². The summed E-state index contributed by atoms with van der Waals surface area (Å²) in [7, 11) is 0. The SMILES string of the molecule is O=C(O)c1cn(C2CC2)c2c3c(c(F)cc2c1=O)N1CCCC1CO3. The molecular weight excluding hydrogens is 327 g/mol. The quantitative estimate of drug-likeness (QED) is 0.906. The fraction of sp³-hybridized carbons (Fsp3) is 0.444. The van der Waals surface area contributed by atoms with E-state index in [1.54, 1.807) is 4.57 Å². The van der Waals surface area contributed by atoms with E-state index in [9.17, 15) is 19.1 Å². The molecule has 3 aliphatic rings. The number of aromatic nitrogens is 1. The first-order valence-corrected chi connectivity index (χ1v) is 8.60. The number of anilines is 1. The molecule has 0 amide bonds. The van der Waals surface area contributed by atoms with E-state index in [-0.39, 0.29) is 23.0 Å². The van der Waals surface area contributed by atoms with Crippen molar-refractivity contribution in [1.29, 1.82) is 0 Å². The van der Waals surface area contributed by atoms with Crippen LogP contribution in [-0.4, -0.2) is 34.8 Å². The van der Waals surface area contributed by atoms with Crippen LogP contribution in [0.4, 0.5) is 10.1 Å². The number of fused-ring (bicyclic) bond motifs is 5. The lowest BCUT2D eigenvalue weighted by atomic mass is 10.1. The number of carboxylic acid groups (broad SMARTS) is 1. The fourth-order valence-electron chi connectivity index (χ4n) is 4.12. The van der Waals surface area contributed by atoms with Crippen LogP contribution in [0.25, 0.3) is 10.9 Å². The number of pyridine rings is 1. The lowest BCUT2D eigenvalue weighted by molar-refractivity contribution is 0.0695. The molecule has 6 nitrogen and oxygen atoms in total. The van der Waals surface area contributed by atoms with Crippen LogP contribution in [0.15, 0.2) is 17.1 Å². The summed E-state index contributed by atoms with van der Waals surface area (Å²) in [6, 6.07) is 1.49. The van der Waals surface area contributed by atoms with Gasteiger partial charge in [0, 0.05) is 18.8 Å². The van der Waals surface area contributed by atoms with E-state index in [4.69, 9.17) is 4.74 Å². The normalized spacial score (nSPS) is 21.8. The number of carbonyl (C=O) groups is 1. The fourth-order valence-corrected chi connectivity index (χ4v) is 4.12. The number of rotatable bonds is 2. The maximum absolute atomic E-state index is 14.9. The first-order valence-electron chi connectivity index (χ1n) is 8.60. The molecule has 1 saturated carbocycles. The smallest absolute Gasteiger partial charge is 0.341 e. The van der Waals surface area contributed by atoms with Crippen molar-refractivity contribution in [3.05, 3.63) is 33.9 Å².